The predicted octanol–water partition coefficient (Wildman–Crippen LogP) is 0.729. The number of aryl methyl sites for hydroxylation is 1. The summed E-state index contributed by atoms with van der Waals surface area (Å²) in [6, 6.07) is 7.00. The summed E-state index contributed by atoms with van der Waals surface area (Å²) in [5, 5.41) is 3.83. The fourth-order valence-electron chi connectivity index (χ4n) is 2.33. The molecule has 24 heavy (non-hydrogen) atoms. The molecule has 0 aliphatic heterocycles. The molecule has 0 aliphatic rings. The molecule has 1 N–H and O–H groups in total. The number of hydrogen-bond donors (Lipinski definition) is 1. The topological polar surface area (TPSA) is 101 Å². The zero-order valence-corrected chi connectivity index (χ0v) is 14.1. The van der Waals surface area contributed by atoms with Crippen LogP contribution in [0.25, 0.3) is 11.0 Å². The van der Waals surface area contributed by atoms with Crippen LogP contribution in [-0.4, -0.2) is 51.8 Å². The quantitative estimate of drug-likeness (QED) is 0.733. The van der Waals surface area contributed by atoms with E-state index in [2.05, 4.69) is 15.1 Å². The number of aromatic amines is 1. The minimum Gasteiger partial charge on any atom is -0.340 e. The van der Waals surface area contributed by atoms with Crippen LogP contribution < -0.4 is 0 Å². The number of nitrogens with one attached hydrogen (secondary N) is 1. The first kappa shape index (κ1) is 16.2. The molecule has 1 aromatic carbocycles. The molecule has 2 aromatic heterocycles. The number of hydrogen-bond acceptors (Lipinski definition) is 5. The van der Waals surface area contributed by atoms with Crippen LogP contribution in [-0.2, 0) is 28.2 Å². The van der Waals surface area contributed by atoms with Gasteiger partial charge in [0.05, 0.1) is 17.2 Å². The van der Waals surface area contributed by atoms with Crippen LogP contribution >= 0.6 is 0 Å². The first-order valence-corrected chi connectivity index (χ1v) is 8.89. The first-order valence-electron chi connectivity index (χ1n) is 7.24. The lowest BCUT2D eigenvalue weighted by Crippen LogP contribution is -2.32. The number of carbonyl (C=O) groups is 1. The van der Waals surface area contributed by atoms with Gasteiger partial charge in [-0.1, -0.05) is 12.1 Å². The van der Waals surface area contributed by atoms with Crippen molar-refractivity contribution in [3.05, 3.63) is 42.2 Å². The molecule has 3 rings (SSSR count). The summed E-state index contributed by atoms with van der Waals surface area (Å²) in [5.41, 5.74) is 1.99. The Morgan fingerprint density at radius 1 is 1.33 bits per heavy atom. The number of carbonyl (C=O) groups excluding carboxylic acids is 1. The van der Waals surface area contributed by atoms with Crippen LogP contribution in [0.1, 0.15) is 5.56 Å². The number of para-hydroxylation sites is 2. The van der Waals surface area contributed by atoms with E-state index in [1.165, 1.54) is 4.90 Å². The molecule has 8 nitrogen and oxygen atoms in total. The molecule has 3 aromatic rings. The summed E-state index contributed by atoms with van der Waals surface area (Å²) >= 11 is 0. The van der Waals surface area contributed by atoms with Crippen LogP contribution in [0.5, 0.6) is 0 Å². The monoisotopic (exact) mass is 347 g/mol. The standard InChI is InChI=1S/C15H17N5O3S/c1-19(8-11-7-16-20(2)9-11)14(21)10-24(22,23)15-17-12-5-3-4-6-13(12)18-15/h3-7,9H,8,10H2,1-2H3,(H,17,18). The summed E-state index contributed by atoms with van der Waals surface area (Å²) in [4.78, 5) is 20.4. The maximum Gasteiger partial charge on any atom is 0.238 e. The number of amides is 1. The Bertz CT molecular complexity index is 956. The largest absolute Gasteiger partial charge is 0.340 e. The molecule has 126 valence electrons. The lowest BCUT2D eigenvalue weighted by Gasteiger charge is -2.15. The Hall–Kier alpha value is -2.68. The van der Waals surface area contributed by atoms with Crippen molar-refractivity contribution in [3.63, 3.8) is 0 Å². The third kappa shape index (κ3) is 3.30. The van der Waals surface area contributed by atoms with Crippen molar-refractivity contribution in [2.24, 2.45) is 7.05 Å². The Morgan fingerprint density at radius 3 is 2.75 bits per heavy atom. The van der Waals surface area contributed by atoms with Gasteiger partial charge in [-0.15, -0.1) is 0 Å². The van der Waals surface area contributed by atoms with Crippen molar-refractivity contribution in [1.82, 2.24) is 24.6 Å². The highest BCUT2D eigenvalue weighted by molar-refractivity contribution is 7.91. The van der Waals surface area contributed by atoms with Gasteiger partial charge in [0.2, 0.25) is 20.9 Å². The second-order valence-electron chi connectivity index (χ2n) is 5.59. The minimum atomic E-state index is -3.83. The van der Waals surface area contributed by atoms with Gasteiger partial charge >= 0.3 is 0 Å². The molecule has 0 fully saturated rings. The summed E-state index contributed by atoms with van der Waals surface area (Å²) in [5.74, 6) is -1.14. The molecule has 0 unspecified atom stereocenters. The third-order valence-electron chi connectivity index (χ3n) is 3.58. The Labute approximate surface area is 139 Å². The molecular weight excluding hydrogens is 330 g/mol. The lowest BCUT2D eigenvalue weighted by molar-refractivity contribution is -0.127. The predicted molar refractivity (Wildman–Crippen MR) is 87.8 cm³/mol. The minimum absolute atomic E-state index is 0.188. The molecule has 0 radical (unpaired) electrons. The molecule has 9 heteroatoms. The highest BCUT2D eigenvalue weighted by Gasteiger charge is 2.25. The van der Waals surface area contributed by atoms with E-state index >= 15 is 0 Å². The van der Waals surface area contributed by atoms with Gasteiger partial charge in [0, 0.05) is 32.4 Å². The molecule has 0 spiro atoms. The fraction of sp³-hybridized carbons (Fsp3) is 0.267. The fourth-order valence-corrected chi connectivity index (χ4v) is 3.52. The number of sulfone groups is 1. The zero-order chi connectivity index (χ0) is 17.3. The van der Waals surface area contributed by atoms with Crippen molar-refractivity contribution in [1.29, 1.82) is 0 Å². The molecule has 2 heterocycles. The van der Waals surface area contributed by atoms with Crippen molar-refractivity contribution in [2.45, 2.75) is 11.7 Å². The maximum atomic E-state index is 12.4. The molecule has 0 saturated carbocycles. The number of H-pyrrole nitrogens is 1. The van der Waals surface area contributed by atoms with E-state index in [-0.39, 0.29) is 5.16 Å². The number of imidazole rings is 1. The van der Waals surface area contributed by atoms with Crippen molar-refractivity contribution < 1.29 is 13.2 Å². The van der Waals surface area contributed by atoms with E-state index in [4.69, 9.17) is 0 Å². The molecular formula is C15H17N5O3S. The van der Waals surface area contributed by atoms with E-state index in [9.17, 15) is 13.2 Å². The van der Waals surface area contributed by atoms with Gasteiger partial charge in [0.25, 0.3) is 0 Å². The average molecular weight is 347 g/mol. The summed E-state index contributed by atoms with van der Waals surface area (Å²) in [6.07, 6.45) is 3.41. The molecule has 0 atom stereocenters. The third-order valence-corrected chi connectivity index (χ3v) is 4.99. The van der Waals surface area contributed by atoms with Gasteiger partial charge in [0.15, 0.2) is 0 Å². The highest BCUT2D eigenvalue weighted by Crippen LogP contribution is 2.15. The summed E-state index contributed by atoms with van der Waals surface area (Å²) in [7, 11) is -0.498. The number of rotatable bonds is 5. The van der Waals surface area contributed by atoms with Crippen LogP contribution in [0.15, 0.2) is 41.8 Å². The van der Waals surface area contributed by atoms with Gasteiger partial charge < -0.3 is 9.88 Å². The second-order valence-corrected chi connectivity index (χ2v) is 7.50. The van der Waals surface area contributed by atoms with Gasteiger partial charge in [0.1, 0.15) is 5.75 Å². The van der Waals surface area contributed by atoms with Gasteiger partial charge in [-0.05, 0) is 12.1 Å². The normalized spacial score (nSPS) is 11.8. The highest BCUT2D eigenvalue weighted by atomic mass is 32.2. The van der Waals surface area contributed by atoms with Gasteiger partial charge in [-0.2, -0.15) is 5.10 Å². The van der Waals surface area contributed by atoms with Crippen LogP contribution in [0, 0.1) is 0 Å². The SMILES string of the molecule is CN(Cc1cnn(C)c1)C(=O)CS(=O)(=O)c1nc2ccccc2[nH]1. The lowest BCUT2D eigenvalue weighted by atomic mass is 10.3. The Balaban J connectivity index is 1.74. The number of nitrogens with zero attached hydrogens (tertiary/aromatic N) is 4. The second kappa shape index (κ2) is 6.08. The molecule has 1 amide bonds. The van der Waals surface area contributed by atoms with Crippen LogP contribution in [0.2, 0.25) is 0 Å². The molecule has 0 saturated heterocycles. The summed E-state index contributed by atoms with van der Waals surface area (Å²) in [6.45, 7) is 0.294. The number of benzene rings is 1. The number of aromatic nitrogens is 4. The number of fused-ring (bicyclic) bond motifs is 1. The molecule has 0 bridgehead atoms. The summed E-state index contributed by atoms with van der Waals surface area (Å²) < 4.78 is 26.5. The smallest absolute Gasteiger partial charge is 0.238 e. The van der Waals surface area contributed by atoms with E-state index in [1.54, 1.807) is 55.4 Å². The molecule has 0 aliphatic carbocycles. The van der Waals surface area contributed by atoms with Crippen LogP contribution in [0.4, 0.5) is 0 Å². The van der Waals surface area contributed by atoms with Gasteiger partial charge in [-0.3, -0.25) is 9.48 Å². The van der Waals surface area contributed by atoms with E-state index in [0.29, 0.717) is 17.6 Å². The van der Waals surface area contributed by atoms with Crippen molar-refractivity contribution in [3.8, 4) is 0 Å². The Kier molecular flexibility index (Phi) is 4.10. The first-order chi connectivity index (χ1) is 11.3. The Morgan fingerprint density at radius 2 is 2.08 bits per heavy atom. The van der Waals surface area contributed by atoms with E-state index in [1.807, 2.05) is 0 Å². The van der Waals surface area contributed by atoms with E-state index < -0.39 is 21.5 Å². The average Bonchev–Trinajstić information content (AvgIpc) is 3.13. The van der Waals surface area contributed by atoms with Crippen molar-refractivity contribution >= 4 is 26.8 Å². The van der Waals surface area contributed by atoms with Gasteiger partial charge in [-0.25, -0.2) is 13.4 Å². The van der Waals surface area contributed by atoms with E-state index in [0.717, 1.165) is 5.56 Å². The maximum absolute atomic E-state index is 12.4. The van der Waals surface area contributed by atoms with Crippen molar-refractivity contribution in [2.75, 3.05) is 12.8 Å². The van der Waals surface area contributed by atoms with Crippen LogP contribution in [0.3, 0.4) is 0 Å². The zero-order valence-electron chi connectivity index (χ0n) is 13.3.